The first-order valence-electron chi connectivity index (χ1n) is 2.33. The zero-order valence-corrected chi connectivity index (χ0v) is 5.51. The van der Waals surface area contributed by atoms with Gasteiger partial charge in [-0.05, 0) is 11.6 Å². The third kappa shape index (κ3) is 2.56. The molecule has 0 aliphatic rings. The van der Waals surface area contributed by atoms with Crippen LogP contribution in [0, 0.1) is 0 Å². The van der Waals surface area contributed by atoms with E-state index < -0.39 is 16.9 Å². The first-order valence-corrected chi connectivity index (χ1v) is 2.71. The molecule has 0 amide bonds. The highest BCUT2D eigenvalue weighted by Gasteiger charge is 2.10. The smallest absolute Gasteiger partial charge is 0.228 e. The Bertz CT molecular complexity index is 149. The van der Waals surface area contributed by atoms with Gasteiger partial charge in [-0.15, -0.1) is 0 Å². The van der Waals surface area contributed by atoms with Gasteiger partial charge in [0.2, 0.25) is 11.1 Å². The summed E-state index contributed by atoms with van der Waals surface area (Å²) in [5.41, 5.74) is 0. The fraction of sp³-hybridized carbons (Fsp3) is 0.400. The molecule has 9 heavy (non-hydrogen) atoms. The molecule has 0 aliphatic heterocycles. The lowest BCUT2D eigenvalue weighted by Crippen LogP contribution is -1.95. The van der Waals surface area contributed by atoms with E-state index in [2.05, 4.69) is 11.6 Å². The van der Waals surface area contributed by atoms with Crippen LogP contribution in [0.5, 0.6) is 0 Å². The van der Waals surface area contributed by atoms with Gasteiger partial charge >= 0.3 is 0 Å². The normalized spacial score (nSPS) is 12.9. The summed E-state index contributed by atoms with van der Waals surface area (Å²) in [5.74, 6) is -2.40. The van der Waals surface area contributed by atoms with E-state index in [1.165, 1.54) is 6.92 Å². The first-order chi connectivity index (χ1) is 4.09. The number of carbonyl (C=O) groups excluding carboxylic acids is 1. The Morgan fingerprint density at radius 2 is 2.00 bits per heavy atom. The van der Waals surface area contributed by atoms with E-state index in [9.17, 15) is 13.6 Å². The van der Waals surface area contributed by atoms with Crippen molar-refractivity contribution in [2.24, 2.45) is 0 Å². The van der Waals surface area contributed by atoms with Gasteiger partial charge in [-0.3, -0.25) is 4.79 Å². The quantitative estimate of drug-likeness (QED) is 0.558. The summed E-state index contributed by atoms with van der Waals surface area (Å²) in [4.78, 5) is 10.2. The fourth-order valence-electron chi connectivity index (χ4n) is 0.261. The van der Waals surface area contributed by atoms with Crippen molar-refractivity contribution in [2.45, 2.75) is 13.3 Å². The molecular weight excluding hydrogens is 150 g/mol. The molecule has 0 saturated carbocycles. The standard InChI is InChI=1S/C5H5ClF2O/c1-2-3(9)4(7)5(6)8/h2H2,1H3. The second-order valence-electron chi connectivity index (χ2n) is 1.35. The van der Waals surface area contributed by atoms with Crippen molar-refractivity contribution in [1.82, 2.24) is 0 Å². The molecular formula is C5H5ClF2O. The summed E-state index contributed by atoms with van der Waals surface area (Å²) >= 11 is 4.52. The largest absolute Gasteiger partial charge is 0.291 e. The maximum Gasteiger partial charge on any atom is 0.228 e. The minimum atomic E-state index is -1.57. The van der Waals surface area contributed by atoms with E-state index >= 15 is 0 Å². The van der Waals surface area contributed by atoms with E-state index in [1.54, 1.807) is 0 Å². The molecule has 0 rings (SSSR count). The molecule has 0 saturated heterocycles. The second kappa shape index (κ2) is 3.56. The zero-order chi connectivity index (χ0) is 7.44. The van der Waals surface area contributed by atoms with Crippen LogP contribution < -0.4 is 0 Å². The van der Waals surface area contributed by atoms with Gasteiger partial charge in [0.05, 0.1) is 0 Å². The lowest BCUT2D eigenvalue weighted by atomic mass is 10.3. The third-order valence-corrected chi connectivity index (χ3v) is 0.898. The molecule has 0 aromatic rings. The minimum Gasteiger partial charge on any atom is -0.291 e. The van der Waals surface area contributed by atoms with Crippen LogP contribution in [0.1, 0.15) is 13.3 Å². The van der Waals surface area contributed by atoms with Crippen LogP contribution in [0.2, 0.25) is 0 Å². The van der Waals surface area contributed by atoms with Gasteiger partial charge in [-0.2, -0.15) is 8.78 Å². The molecule has 52 valence electrons. The number of carbonyl (C=O) groups is 1. The highest BCUT2D eigenvalue weighted by molar-refractivity contribution is 6.30. The topological polar surface area (TPSA) is 17.1 Å². The highest BCUT2D eigenvalue weighted by atomic mass is 35.5. The summed E-state index contributed by atoms with van der Waals surface area (Å²) in [6.07, 6.45) is -0.0774. The number of hydrogen-bond donors (Lipinski definition) is 0. The van der Waals surface area contributed by atoms with Gasteiger partial charge in [-0.1, -0.05) is 6.92 Å². The van der Waals surface area contributed by atoms with Crippen molar-refractivity contribution < 1.29 is 13.6 Å². The Balaban J connectivity index is 4.21. The van der Waals surface area contributed by atoms with Gasteiger partial charge < -0.3 is 0 Å². The van der Waals surface area contributed by atoms with E-state index in [1.807, 2.05) is 0 Å². The van der Waals surface area contributed by atoms with Crippen molar-refractivity contribution in [3.63, 3.8) is 0 Å². The van der Waals surface area contributed by atoms with Crippen LogP contribution in [-0.2, 0) is 4.79 Å². The van der Waals surface area contributed by atoms with Crippen molar-refractivity contribution in [3.05, 3.63) is 11.1 Å². The summed E-state index contributed by atoms with van der Waals surface area (Å²) in [7, 11) is 0. The summed E-state index contributed by atoms with van der Waals surface area (Å²) < 4.78 is 23.5. The molecule has 0 radical (unpaired) electrons. The molecule has 0 atom stereocenters. The number of ketones is 1. The predicted molar refractivity (Wildman–Crippen MR) is 30.4 cm³/mol. The number of hydrogen-bond acceptors (Lipinski definition) is 1. The SMILES string of the molecule is CCC(=O)C(F)=C(F)Cl. The minimum absolute atomic E-state index is 0.0774. The first kappa shape index (κ1) is 8.56. The molecule has 0 aromatic carbocycles. The molecule has 0 bridgehead atoms. The van der Waals surface area contributed by atoms with E-state index in [0.29, 0.717) is 0 Å². The summed E-state index contributed by atoms with van der Waals surface area (Å²) in [5, 5.41) is -1.57. The number of rotatable bonds is 2. The lowest BCUT2D eigenvalue weighted by molar-refractivity contribution is -0.116. The summed E-state index contributed by atoms with van der Waals surface area (Å²) in [6, 6.07) is 0. The average Bonchev–Trinajstić information content (AvgIpc) is 1.84. The molecule has 0 N–H and O–H groups in total. The highest BCUT2D eigenvalue weighted by Crippen LogP contribution is 2.13. The Kier molecular flexibility index (Phi) is 3.39. The fourth-order valence-corrected chi connectivity index (χ4v) is 0.366. The molecule has 0 heterocycles. The number of halogens is 3. The number of Topliss-reactive ketones (excluding diaryl/α,β-unsaturated/α-hetero) is 1. The average molecular weight is 155 g/mol. The van der Waals surface area contributed by atoms with Gasteiger partial charge in [0.1, 0.15) is 0 Å². The van der Waals surface area contributed by atoms with Crippen molar-refractivity contribution in [3.8, 4) is 0 Å². The van der Waals surface area contributed by atoms with Crippen molar-refractivity contribution in [2.75, 3.05) is 0 Å². The third-order valence-electron chi connectivity index (χ3n) is 0.732. The lowest BCUT2D eigenvalue weighted by Gasteiger charge is -1.88. The molecule has 0 aromatic heterocycles. The molecule has 0 fully saturated rings. The Morgan fingerprint density at radius 3 is 2.11 bits per heavy atom. The molecule has 0 unspecified atom stereocenters. The van der Waals surface area contributed by atoms with E-state index in [-0.39, 0.29) is 6.42 Å². The molecule has 4 heteroatoms. The summed E-state index contributed by atoms with van der Waals surface area (Å²) in [6.45, 7) is 1.42. The van der Waals surface area contributed by atoms with E-state index in [4.69, 9.17) is 0 Å². The monoisotopic (exact) mass is 154 g/mol. The number of allylic oxidation sites excluding steroid dienone is 1. The Hall–Kier alpha value is -0.440. The van der Waals surface area contributed by atoms with Crippen LogP contribution in [0.15, 0.2) is 11.1 Å². The van der Waals surface area contributed by atoms with Crippen LogP contribution >= 0.6 is 11.6 Å². The molecule has 0 aliphatic carbocycles. The van der Waals surface area contributed by atoms with Crippen LogP contribution in [0.3, 0.4) is 0 Å². The van der Waals surface area contributed by atoms with Gasteiger partial charge in [-0.25, -0.2) is 0 Å². The Morgan fingerprint density at radius 1 is 1.56 bits per heavy atom. The van der Waals surface area contributed by atoms with Crippen LogP contribution in [-0.4, -0.2) is 5.78 Å². The second-order valence-corrected chi connectivity index (χ2v) is 1.68. The molecule has 0 spiro atoms. The predicted octanol–water partition coefficient (Wildman–Crippen LogP) is 2.31. The Labute approximate surface area is 56.3 Å². The maximum atomic E-state index is 11.9. The van der Waals surface area contributed by atoms with Crippen LogP contribution in [0.25, 0.3) is 0 Å². The van der Waals surface area contributed by atoms with Crippen molar-refractivity contribution in [1.29, 1.82) is 0 Å². The van der Waals surface area contributed by atoms with Gasteiger partial charge in [0, 0.05) is 6.42 Å². The van der Waals surface area contributed by atoms with Crippen molar-refractivity contribution >= 4 is 17.4 Å². The van der Waals surface area contributed by atoms with E-state index in [0.717, 1.165) is 0 Å². The molecule has 1 nitrogen and oxygen atoms in total. The van der Waals surface area contributed by atoms with Crippen LogP contribution in [0.4, 0.5) is 8.78 Å². The maximum absolute atomic E-state index is 11.9. The van der Waals surface area contributed by atoms with Gasteiger partial charge in [0.15, 0.2) is 5.78 Å². The van der Waals surface area contributed by atoms with Gasteiger partial charge in [0.25, 0.3) is 0 Å². The zero-order valence-electron chi connectivity index (χ0n) is 4.75.